The number of carbonyl (C=O) groups is 2. The Balaban J connectivity index is 1.99. The summed E-state index contributed by atoms with van der Waals surface area (Å²) in [6, 6.07) is 3.55. The van der Waals surface area contributed by atoms with Crippen molar-refractivity contribution in [3.63, 3.8) is 0 Å². The van der Waals surface area contributed by atoms with Gasteiger partial charge in [0, 0.05) is 17.5 Å². The first-order valence-corrected chi connectivity index (χ1v) is 9.32. The van der Waals surface area contributed by atoms with E-state index in [1.54, 1.807) is 12.1 Å². The van der Waals surface area contributed by atoms with Crippen LogP contribution >= 0.6 is 0 Å². The van der Waals surface area contributed by atoms with E-state index in [-0.39, 0.29) is 17.5 Å². The van der Waals surface area contributed by atoms with Crippen LogP contribution in [0.3, 0.4) is 0 Å². The fraction of sp³-hybridized carbons (Fsp3) is 0.524. The average Bonchev–Trinajstić information content (AvgIpc) is 2.91. The third-order valence-corrected chi connectivity index (χ3v) is 5.19. The van der Waals surface area contributed by atoms with Gasteiger partial charge in [0.05, 0.1) is 12.0 Å². The number of rotatable bonds is 5. The first-order valence-electron chi connectivity index (χ1n) is 9.32. The summed E-state index contributed by atoms with van der Waals surface area (Å²) in [7, 11) is 0. The molecule has 0 spiro atoms. The summed E-state index contributed by atoms with van der Waals surface area (Å²) >= 11 is 0. The van der Waals surface area contributed by atoms with Crippen molar-refractivity contribution in [1.82, 2.24) is 5.32 Å². The molecule has 5 heteroatoms. The van der Waals surface area contributed by atoms with E-state index >= 15 is 0 Å². The zero-order valence-corrected chi connectivity index (χ0v) is 16.2. The van der Waals surface area contributed by atoms with Crippen LogP contribution in [-0.2, 0) is 0 Å². The molecule has 0 fully saturated rings. The zero-order chi connectivity index (χ0) is 19.1. The Bertz CT molecular complexity index is 865. The summed E-state index contributed by atoms with van der Waals surface area (Å²) in [6.07, 6.45) is 1.99. The van der Waals surface area contributed by atoms with E-state index in [0.29, 0.717) is 46.7 Å². The second kappa shape index (κ2) is 6.78. The van der Waals surface area contributed by atoms with Crippen LogP contribution in [0.5, 0.6) is 5.75 Å². The zero-order valence-electron chi connectivity index (χ0n) is 16.2. The Labute approximate surface area is 154 Å². The molecule has 0 radical (unpaired) electrons. The van der Waals surface area contributed by atoms with E-state index in [1.165, 1.54) is 0 Å². The lowest BCUT2D eigenvalue weighted by Crippen LogP contribution is -2.38. The largest absolute Gasteiger partial charge is 0.486 e. The topological polar surface area (TPSA) is 68.5 Å². The Kier molecular flexibility index (Phi) is 4.82. The number of nitrogens with one attached hydrogen (secondary N) is 1. The number of ketones is 1. The van der Waals surface area contributed by atoms with Gasteiger partial charge in [-0.2, -0.15) is 0 Å². The maximum absolute atomic E-state index is 12.8. The van der Waals surface area contributed by atoms with Crippen LogP contribution in [0.2, 0.25) is 0 Å². The lowest BCUT2D eigenvalue weighted by molar-refractivity contribution is 0.0503. The molecule has 1 N–H and O–H groups in total. The maximum Gasteiger partial charge on any atom is 0.287 e. The van der Waals surface area contributed by atoms with Gasteiger partial charge in [-0.3, -0.25) is 9.59 Å². The van der Waals surface area contributed by atoms with Crippen LogP contribution in [-0.4, -0.2) is 23.8 Å². The number of hydrogen-bond donors (Lipinski definition) is 1. The lowest BCUT2D eigenvalue weighted by Gasteiger charge is -2.34. The number of aryl methyl sites for hydroxylation is 1. The predicted molar refractivity (Wildman–Crippen MR) is 101 cm³/mol. The molecule has 0 saturated heterocycles. The standard InChI is InChI=1S/C21H27NO4/c1-6-21(5)11-14(23)18-16(26-21)8-7-15-17(18)13(4)19(25-15)20(24)22-10-9-12(2)3/h7-8,12H,6,9-11H2,1-5H3,(H,22,24)/t21-/m0/s1. The van der Waals surface area contributed by atoms with Gasteiger partial charge in [0.25, 0.3) is 5.91 Å². The van der Waals surface area contributed by atoms with E-state index in [1.807, 2.05) is 20.8 Å². The number of Topliss-reactive ketones (excluding diaryl/α,β-unsaturated/α-hetero) is 1. The molecule has 2 aromatic rings. The molecule has 0 bridgehead atoms. The Morgan fingerprint density at radius 2 is 2.08 bits per heavy atom. The summed E-state index contributed by atoms with van der Waals surface area (Å²) in [5.74, 6) is 1.16. The minimum absolute atomic E-state index is 0.0388. The lowest BCUT2D eigenvalue weighted by atomic mass is 9.87. The van der Waals surface area contributed by atoms with Crippen LogP contribution in [0.15, 0.2) is 16.5 Å². The number of fused-ring (bicyclic) bond motifs is 3. The van der Waals surface area contributed by atoms with Gasteiger partial charge in [0.1, 0.15) is 16.9 Å². The number of ether oxygens (including phenoxy) is 1. The molecule has 1 aliphatic heterocycles. The van der Waals surface area contributed by atoms with Crippen LogP contribution in [0.4, 0.5) is 0 Å². The number of benzene rings is 1. The van der Waals surface area contributed by atoms with Crippen LogP contribution in [0, 0.1) is 12.8 Å². The molecular weight excluding hydrogens is 330 g/mol. The summed E-state index contributed by atoms with van der Waals surface area (Å²) in [4.78, 5) is 25.3. The first kappa shape index (κ1) is 18.5. The van der Waals surface area contributed by atoms with Crippen LogP contribution in [0.25, 0.3) is 11.0 Å². The molecule has 3 rings (SSSR count). The average molecular weight is 357 g/mol. The van der Waals surface area contributed by atoms with Gasteiger partial charge in [0.15, 0.2) is 11.5 Å². The van der Waals surface area contributed by atoms with Crippen molar-refractivity contribution in [2.75, 3.05) is 6.54 Å². The second-order valence-corrected chi connectivity index (χ2v) is 7.81. The molecule has 1 aromatic heterocycles. The van der Waals surface area contributed by atoms with Gasteiger partial charge < -0.3 is 14.5 Å². The minimum Gasteiger partial charge on any atom is -0.486 e. The highest BCUT2D eigenvalue weighted by molar-refractivity contribution is 6.13. The third-order valence-electron chi connectivity index (χ3n) is 5.19. The van der Waals surface area contributed by atoms with Crippen molar-refractivity contribution in [2.45, 2.75) is 59.5 Å². The van der Waals surface area contributed by atoms with Gasteiger partial charge in [-0.1, -0.05) is 20.8 Å². The Morgan fingerprint density at radius 1 is 1.35 bits per heavy atom. The van der Waals surface area contributed by atoms with E-state index in [9.17, 15) is 9.59 Å². The van der Waals surface area contributed by atoms with Gasteiger partial charge in [-0.05, 0) is 44.7 Å². The number of carbonyl (C=O) groups excluding carboxylic acids is 2. The van der Waals surface area contributed by atoms with E-state index < -0.39 is 5.60 Å². The van der Waals surface area contributed by atoms with Crippen molar-refractivity contribution in [3.8, 4) is 5.75 Å². The third kappa shape index (κ3) is 3.22. The summed E-state index contributed by atoms with van der Waals surface area (Å²) in [5, 5.41) is 3.59. The van der Waals surface area contributed by atoms with Crippen molar-refractivity contribution in [2.24, 2.45) is 5.92 Å². The molecule has 2 heterocycles. The molecular formula is C21H27NO4. The fourth-order valence-electron chi connectivity index (χ4n) is 3.38. The molecule has 0 saturated carbocycles. The molecule has 1 atom stereocenters. The van der Waals surface area contributed by atoms with Gasteiger partial charge in [-0.25, -0.2) is 0 Å². The highest BCUT2D eigenvalue weighted by Gasteiger charge is 2.37. The van der Waals surface area contributed by atoms with Crippen molar-refractivity contribution in [1.29, 1.82) is 0 Å². The molecule has 1 amide bonds. The normalized spacial score (nSPS) is 19.5. The fourth-order valence-corrected chi connectivity index (χ4v) is 3.38. The number of furan rings is 1. The molecule has 140 valence electrons. The van der Waals surface area contributed by atoms with Crippen molar-refractivity contribution < 1.29 is 18.7 Å². The molecule has 0 aliphatic carbocycles. The number of amides is 1. The quantitative estimate of drug-likeness (QED) is 0.845. The predicted octanol–water partition coefficient (Wildman–Crippen LogP) is 4.65. The van der Waals surface area contributed by atoms with Gasteiger partial charge >= 0.3 is 0 Å². The van der Waals surface area contributed by atoms with Gasteiger partial charge in [-0.15, -0.1) is 0 Å². The second-order valence-electron chi connectivity index (χ2n) is 7.81. The monoisotopic (exact) mass is 357 g/mol. The summed E-state index contributed by atoms with van der Waals surface area (Å²) in [6.45, 7) is 10.6. The van der Waals surface area contributed by atoms with E-state index in [2.05, 4.69) is 19.2 Å². The number of hydrogen-bond acceptors (Lipinski definition) is 4. The highest BCUT2D eigenvalue weighted by atomic mass is 16.5. The van der Waals surface area contributed by atoms with Crippen LogP contribution < -0.4 is 10.1 Å². The highest BCUT2D eigenvalue weighted by Crippen LogP contribution is 2.41. The van der Waals surface area contributed by atoms with Crippen molar-refractivity contribution in [3.05, 3.63) is 29.0 Å². The van der Waals surface area contributed by atoms with Crippen LogP contribution in [0.1, 0.15) is 73.4 Å². The molecule has 1 aromatic carbocycles. The molecule has 0 unspecified atom stereocenters. The SMILES string of the molecule is CC[C@@]1(C)CC(=O)c2c(ccc3oc(C(=O)NCCC(C)C)c(C)c23)O1. The summed E-state index contributed by atoms with van der Waals surface area (Å²) < 4.78 is 11.9. The first-order chi connectivity index (χ1) is 12.3. The smallest absolute Gasteiger partial charge is 0.287 e. The summed E-state index contributed by atoms with van der Waals surface area (Å²) in [5.41, 5.74) is 1.30. The molecule has 5 nitrogen and oxygen atoms in total. The van der Waals surface area contributed by atoms with Gasteiger partial charge in [0.2, 0.25) is 0 Å². The van der Waals surface area contributed by atoms with E-state index in [4.69, 9.17) is 9.15 Å². The molecule has 26 heavy (non-hydrogen) atoms. The maximum atomic E-state index is 12.8. The Morgan fingerprint density at radius 3 is 2.73 bits per heavy atom. The Hall–Kier alpha value is -2.30. The van der Waals surface area contributed by atoms with Crippen molar-refractivity contribution >= 4 is 22.7 Å². The minimum atomic E-state index is -0.480. The van der Waals surface area contributed by atoms with E-state index in [0.717, 1.165) is 12.8 Å². The molecule has 1 aliphatic rings.